The third kappa shape index (κ3) is 5.27. The van der Waals surface area contributed by atoms with E-state index in [9.17, 15) is 4.79 Å². The van der Waals surface area contributed by atoms with Gasteiger partial charge >= 0.3 is 5.97 Å². The highest BCUT2D eigenvalue weighted by molar-refractivity contribution is 9.10. The largest absolute Gasteiger partial charge is 0.493 e. The third-order valence-electron chi connectivity index (χ3n) is 3.76. The van der Waals surface area contributed by atoms with Crippen LogP contribution in [0.2, 0.25) is 0 Å². The molecule has 1 atom stereocenters. The van der Waals surface area contributed by atoms with Crippen LogP contribution in [0.4, 0.5) is 5.69 Å². The first kappa shape index (κ1) is 22.6. The summed E-state index contributed by atoms with van der Waals surface area (Å²) < 4.78 is 16.2. The number of hydrogen-bond acceptors (Lipinski definition) is 6. The van der Waals surface area contributed by atoms with Gasteiger partial charge in [-0.25, -0.2) is 4.79 Å². The van der Waals surface area contributed by atoms with Gasteiger partial charge in [-0.2, -0.15) is 0 Å². The van der Waals surface area contributed by atoms with Gasteiger partial charge in [-0.1, -0.05) is 15.9 Å². The molecule has 27 heavy (non-hydrogen) atoms. The maximum atomic E-state index is 12.4. The number of nitrogens with two attached hydrogens (primary N) is 1. The Morgan fingerprint density at radius 2 is 1.67 bits per heavy atom. The molecule has 0 aliphatic carbocycles. The van der Waals surface area contributed by atoms with Crippen LogP contribution in [-0.2, 0) is 9.53 Å². The number of anilines is 1. The van der Waals surface area contributed by atoms with Crippen LogP contribution >= 0.6 is 28.3 Å². The average molecular weight is 459 g/mol. The minimum Gasteiger partial charge on any atom is -0.493 e. The van der Waals surface area contributed by atoms with E-state index in [1.165, 1.54) is 21.3 Å². The fourth-order valence-electron chi connectivity index (χ4n) is 2.39. The molecule has 4 N–H and O–H groups in total. The summed E-state index contributed by atoms with van der Waals surface area (Å²) in [5.74, 6) is 0.545. The van der Waals surface area contributed by atoms with E-state index in [-0.39, 0.29) is 18.2 Å². The summed E-state index contributed by atoms with van der Waals surface area (Å²) in [4.78, 5) is 12.4. The summed E-state index contributed by atoms with van der Waals surface area (Å²) in [5.41, 5.74) is 7.36. The minimum atomic E-state index is -0.780. The number of amidine groups is 1. The highest BCUT2D eigenvalue weighted by Crippen LogP contribution is 2.37. The second-order valence-electron chi connectivity index (χ2n) is 5.32. The Bertz CT molecular complexity index is 815. The van der Waals surface area contributed by atoms with E-state index in [4.69, 9.17) is 25.4 Å². The lowest BCUT2D eigenvalue weighted by molar-refractivity contribution is -0.141. The SMILES string of the molecule is COC(=O)C(Nc1ccc(C(=N)N)cc1)c1cc(OC)c(OC)cc1Br.Cl. The predicted octanol–water partition coefficient (Wildman–Crippen LogP) is 3.50. The van der Waals surface area contributed by atoms with E-state index in [1.54, 1.807) is 36.4 Å². The molecule has 1 unspecified atom stereocenters. The number of esters is 1. The second-order valence-corrected chi connectivity index (χ2v) is 6.17. The quantitative estimate of drug-likeness (QED) is 0.333. The van der Waals surface area contributed by atoms with Gasteiger partial charge in [-0.05, 0) is 36.4 Å². The molecule has 0 radical (unpaired) electrons. The van der Waals surface area contributed by atoms with Gasteiger partial charge in [0, 0.05) is 21.3 Å². The van der Waals surface area contributed by atoms with Crippen LogP contribution in [0, 0.1) is 5.41 Å². The maximum Gasteiger partial charge on any atom is 0.333 e. The Labute approximate surface area is 172 Å². The van der Waals surface area contributed by atoms with E-state index in [0.29, 0.717) is 32.8 Å². The van der Waals surface area contributed by atoms with Crippen molar-refractivity contribution in [2.75, 3.05) is 26.6 Å². The molecule has 0 aromatic heterocycles. The molecule has 0 saturated heterocycles. The minimum absolute atomic E-state index is 0. The molecule has 0 bridgehead atoms. The van der Waals surface area contributed by atoms with Crippen molar-refractivity contribution in [1.29, 1.82) is 5.41 Å². The smallest absolute Gasteiger partial charge is 0.333 e. The van der Waals surface area contributed by atoms with Crippen LogP contribution in [-0.4, -0.2) is 33.1 Å². The van der Waals surface area contributed by atoms with Gasteiger partial charge in [0.15, 0.2) is 17.5 Å². The number of nitrogen functional groups attached to an aromatic ring is 1. The third-order valence-corrected chi connectivity index (χ3v) is 4.44. The van der Waals surface area contributed by atoms with Crippen LogP contribution in [0.1, 0.15) is 17.2 Å². The van der Waals surface area contributed by atoms with Gasteiger partial charge in [0.1, 0.15) is 5.84 Å². The number of halogens is 2. The summed E-state index contributed by atoms with van der Waals surface area (Å²) >= 11 is 3.47. The van der Waals surface area contributed by atoms with E-state index in [2.05, 4.69) is 21.2 Å². The lowest BCUT2D eigenvalue weighted by atomic mass is 10.1. The van der Waals surface area contributed by atoms with Crippen molar-refractivity contribution >= 4 is 45.8 Å². The van der Waals surface area contributed by atoms with Crippen molar-refractivity contribution in [1.82, 2.24) is 0 Å². The molecule has 0 saturated carbocycles. The van der Waals surface area contributed by atoms with Crippen LogP contribution in [0.15, 0.2) is 40.9 Å². The molecule has 7 nitrogen and oxygen atoms in total. The summed E-state index contributed by atoms with van der Waals surface area (Å²) in [7, 11) is 4.39. The van der Waals surface area contributed by atoms with Crippen LogP contribution in [0.3, 0.4) is 0 Å². The van der Waals surface area contributed by atoms with E-state index in [1.807, 2.05) is 0 Å². The molecule has 9 heteroatoms. The molecule has 0 aliphatic heterocycles. The molecule has 0 spiro atoms. The first-order valence-electron chi connectivity index (χ1n) is 7.61. The van der Waals surface area contributed by atoms with Gasteiger partial charge in [-0.15, -0.1) is 12.4 Å². The predicted molar refractivity (Wildman–Crippen MR) is 110 cm³/mol. The molecule has 2 aromatic carbocycles. The fraction of sp³-hybridized carbons (Fsp3) is 0.222. The fourth-order valence-corrected chi connectivity index (χ4v) is 2.94. The van der Waals surface area contributed by atoms with Crippen LogP contribution < -0.4 is 20.5 Å². The molecule has 2 rings (SSSR count). The Kier molecular flexibility index (Phi) is 8.39. The standard InChI is InChI=1S/C18H20BrN3O4.ClH/c1-24-14-8-12(13(19)9-15(14)25-2)16(18(23)26-3)22-11-6-4-10(5-7-11)17(20)21;/h4-9,16,22H,1-3H3,(H3,20,21);1H. The number of hydrogen-bond donors (Lipinski definition) is 3. The molecular weight excluding hydrogens is 438 g/mol. The zero-order valence-electron chi connectivity index (χ0n) is 15.0. The first-order chi connectivity index (χ1) is 12.4. The monoisotopic (exact) mass is 457 g/mol. The molecule has 0 amide bonds. The molecular formula is C18H21BrClN3O4. The van der Waals surface area contributed by atoms with E-state index in [0.717, 1.165) is 0 Å². The normalized spacial score (nSPS) is 11.0. The Morgan fingerprint density at radius 1 is 1.11 bits per heavy atom. The number of nitrogens with one attached hydrogen (secondary N) is 2. The van der Waals surface area contributed by atoms with Crippen LogP contribution in [0.5, 0.6) is 11.5 Å². The Morgan fingerprint density at radius 3 is 2.15 bits per heavy atom. The lowest BCUT2D eigenvalue weighted by Gasteiger charge is -2.21. The second kappa shape index (κ2) is 10.0. The number of rotatable bonds is 7. The number of carbonyl (C=O) groups excluding carboxylic acids is 1. The summed E-state index contributed by atoms with van der Waals surface area (Å²) in [5, 5.41) is 10.6. The molecule has 0 heterocycles. The zero-order valence-corrected chi connectivity index (χ0v) is 17.4. The first-order valence-corrected chi connectivity index (χ1v) is 8.40. The Hall–Kier alpha value is -2.45. The van der Waals surface area contributed by atoms with Gasteiger partial charge in [-0.3, -0.25) is 5.41 Å². The number of ether oxygens (including phenoxy) is 3. The number of methoxy groups -OCH3 is 3. The van der Waals surface area contributed by atoms with Crippen molar-refractivity contribution in [2.45, 2.75) is 6.04 Å². The zero-order chi connectivity index (χ0) is 19.3. The average Bonchev–Trinajstić information content (AvgIpc) is 2.65. The van der Waals surface area contributed by atoms with Gasteiger partial charge in [0.05, 0.1) is 21.3 Å². The molecule has 146 valence electrons. The van der Waals surface area contributed by atoms with Crippen molar-refractivity contribution < 1.29 is 19.0 Å². The van der Waals surface area contributed by atoms with E-state index >= 15 is 0 Å². The highest BCUT2D eigenvalue weighted by atomic mass is 79.9. The summed E-state index contributed by atoms with van der Waals surface area (Å²) in [6.07, 6.45) is 0. The van der Waals surface area contributed by atoms with Crippen molar-refractivity contribution in [3.63, 3.8) is 0 Å². The van der Waals surface area contributed by atoms with E-state index < -0.39 is 12.0 Å². The van der Waals surface area contributed by atoms with Gasteiger partial charge in [0.2, 0.25) is 0 Å². The Balaban J connectivity index is 0.00000364. The van der Waals surface area contributed by atoms with Crippen molar-refractivity contribution in [3.8, 4) is 11.5 Å². The van der Waals surface area contributed by atoms with Crippen molar-refractivity contribution in [3.05, 3.63) is 52.0 Å². The topological polar surface area (TPSA) is 107 Å². The molecule has 0 fully saturated rings. The van der Waals surface area contributed by atoms with Crippen LogP contribution in [0.25, 0.3) is 0 Å². The lowest BCUT2D eigenvalue weighted by Crippen LogP contribution is -2.23. The summed E-state index contributed by atoms with van der Waals surface area (Å²) in [6.45, 7) is 0. The number of benzene rings is 2. The van der Waals surface area contributed by atoms with Gasteiger partial charge < -0.3 is 25.3 Å². The summed E-state index contributed by atoms with van der Waals surface area (Å²) in [6, 6.07) is 9.53. The van der Waals surface area contributed by atoms with Crippen molar-refractivity contribution in [2.24, 2.45) is 5.73 Å². The highest BCUT2D eigenvalue weighted by Gasteiger charge is 2.25. The molecule has 2 aromatic rings. The van der Waals surface area contributed by atoms with Gasteiger partial charge in [0.25, 0.3) is 0 Å². The molecule has 0 aliphatic rings. The number of carbonyl (C=O) groups is 1. The maximum absolute atomic E-state index is 12.4.